The van der Waals surface area contributed by atoms with Gasteiger partial charge in [-0.3, -0.25) is 0 Å². The van der Waals surface area contributed by atoms with Gasteiger partial charge >= 0.3 is 0 Å². The highest BCUT2D eigenvalue weighted by Gasteiger charge is 2.05. The summed E-state index contributed by atoms with van der Waals surface area (Å²) in [6.45, 7) is 3.37. The minimum atomic E-state index is 0.530. The average Bonchev–Trinajstić information content (AvgIpc) is 2.96. The lowest BCUT2D eigenvalue weighted by Crippen LogP contribution is -1.96. The van der Waals surface area contributed by atoms with Gasteiger partial charge in [0.15, 0.2) is 0 Å². The fraction of sp³-hybridized carbons (Fsp3) is 0.235. The Bertz CT molecular complexity index is 731. The molecular weight excluding hydrogens is 262 g/mol. The number of ether oxygens (including phenoxy) is 1. The molecule has 2 heterocycles. The highest BCUT2D eigenvalue weighted by atomic mass is 16.5. The monoisotopic (exact) mass is 281 g/mol. The molecular formula is C17H19N3O. The molecule has 1 aromatic carbocycles. The van der Waals surface area contributed by atoms with Gasteiger partial charge in [-0.1, -0.05) is 6.92 Å². The molecule has 0 atom stereocenters. The Hall–Kier alpha value is -2.33. The van der Waals surface area contributed by atoms with Crippen LogP contribution >= 0.6 is 0 Å². The number of imidazole rings is 1. The predicted octanol–water partition coefficient (Wildman–Crippen LogP) is 3.25. The molecule has 108 valence electrons. The lowest BCUT2D eigenvalue weighted by Gasteiger charge is -2.04. The molecule has 2 N–H and O–H groups in total. The van der Waals surface area contributed by atoms with Gasteiger partial charge in [0.2, 0.25) is 0 Å². The summed E-state index contributed by atoms with van der Waals surface area (Å²) in [6, 6.07) is 12.1. The largest absolute Gasteiger partial charge is 0.494 e. The molecule has 2 aromatic heterocycles. The molecule has 4 heteroatoms. The minimum Gasteiger partial charge on any atom is -0.494 e. The van der Waals surface area contributed by atoms with Crippen molar-refractivity contribution in [3.8, 4) is 17.0 Å². The number of rotatable bonds is 5. The van der Waals surface area contributed by atoms with E-state index in [1.807, 2.05) is 53.2 Å². The summed E-state index contributed by atoms with van der Waals surface area (Å²) >= 11 is 0. The molecule has 0 amide bonds. The topological polar surface area (TPSA) is 52.5 Å². The van der Waals surface area contributed by atoms with Gasteiger partial charge in [0.25, 0.3) is 0 Å². The first-order valence-electron chi connectivity index (χ1n) is 7.21. The third-order valence-electron chi connectivity index (χ3n) is 3.38. The van der Waals surface area contributed by atoms with E-state index in [1.165, 1.54) is 0 Å². The molecule has 4 nitrogen and oxygen atoms in total. The van der Waals surface area contributed by atoms with Gasteiger partial charge < -0.3 is 14.9 Å². The van der Waals surface area contributed by atoms with Crippen molar-refractivity contribution >= 4 is 5.65 Å². The van der Waals surface area contributed by atoms with E-state index in [0.717, 1.165) is 41.2 Å². The third-order valence-corrected chi connectivity index (χ3v) is 3.38. The normalized spacial score (nSPS) is 11.0. The molecule has 0 unspecified atom stereocenters. The molecule has 3 rings (SSSR count). The molecule has 0 aliphatic rings. The van der Waals surface area contributed by atoms with Crippen molar-refractivity contribution in [1.82, 2.24) is 9.38 Å². The molecule has 0 saturated heterocycles. The number of hydrogen-bond acceptors (Lipinski definition) is 3. The quantitative estimate of drug-likeness (QED) is 0.781. The number of benzene rings is 1. The Morgan fingerprint density at radius 2 is 2.00 bits per heavy atom. The highest BCUT2D eigenvalue weighted by molar-refractivity contribution is 5.63. The Labute approximate surface area is 124 Å². The first kappa shape index (κ1) is 13.6. The van der Waals surface area contributed by atoms with Crippen LogP contribution in [0.1, 0.15) is 18.9 Å². The van der Waals surface area contributed by atoms with E-state index in [1.54, 1.807) is 0 Å². The van der Waals surface area contributed by atoms with Crippen LogP contribution in [0.2, 0.25) is 0 Å². The third kappa shape index (κ3) is 2.90. The molecule has 21 heavy (non-hydrogen) atoms. The summed E-state index contributed by atoms with van der Waals surface area (Å²) in [5.74, 6) is 0.898. The van der Waals surface area contributed by atoms with E-state index in [2.05, 4.69) is 11.9 Å². The van der Waals surface area contributed by atoms with Crippen LogP contribution < -0.4 is 10.5 Å². The number of aromatic nitrogens is 2. The van der Waals surface area contributed by atoms with Crippen molar-refractivity contribution < 1.29 is 4.74 Å². The van der Waals surface area contributed by atoms with Crippen molar-refractivity contribution in [2.75, 3.05) is 6.61 Å². The maximum Gasteiger partial charge on any atom is 0.137 e. The first-order chi connectivity index (χ1) is 10.3. The summed E-state index contributed by atoms with van der Waals surface area (Å²) in [6.07, 6.45) is 5.03. The van der Waals surface area contributed by atoms with E-state index < -0.39 is 0 Å². The second kappa shape index (κ2) is 5.97. The highest BCUT2D eigenvalue weighted by Crippen LogP contribution is 2.22. The van der Waals surface area contributed by atoms with Crippen molar-refractivity contribution in [2.24, 2.45) is 5.73 Å². The van der Waals surface area contributed by atoms with Crippen molar-refractivity contribution in [2.45, 2.75) is 19.9 Å². The van der Waals surface area contributed by atoms with Crippen LogP contribution in [-0.4, -0.2) is 16.0 Å². The van der Waals surface area contributed by atoms with Gasteiger partial charge in [-0.25, -0.2) is 4.98 Å². The van der Waals surface area contributed by atoms with E-state index in [9.17, 15) is 0 Å². The maximum absolute atomic E-state index is 5.66. The van der Waals surface area contributed by atoms with Gasteiger partial charge in [0.05, 0.1) is 12.3 Å². The van der Waals surface area contributed by atoms with Crippen LogP contribution in [0, 0.1) is 0 Å². The molecule has 0 saturated carbocycles. The zero-order valence-electron chi connectivity index (χ0n) is 12.1. The summed E-state index contributed by atoms with van der Waals surface area (Å²) in [7, 11) is 0. The van der Waals surface area contributed by atoms with E-state index in [4.69, 9.17) is 10.5 Å². The van der Waals surface area contributed by atoms with Crippen molar-refractivity contribution in [1.29, 1.82) is 0 Å². The predicted molar refractivity (Wildman–Crippen MR) is 84.3 cm³/mol. The second-order valence-corrected chi connectivity index (χ2v) is 5.00. The Balaban J connectivity index is 1.89. The Kier molecular flexibility index (Phi) is 3.88. The van der Waals surface area contributed by atoms with Gasteiger partial charge in [0.1, 0.15) is 11.4 Å². The van der Waals surface area contributed by atoms with E-state index >= 15 is 0 Å². The SMILES string of the molecule is CCCOc1ccc(-c2cn3ccc(CN)cc3n2)cc1. The van der Waals surface area contributed by atoms with Crippen LogP contribution in [0.4, 0.5) is 0 Å². The summed E-state index contributed by atoms with van der Waals surface area (Å²) in [5.41, 5.74) is 9.70. The lowest BCUT2D eigenvalue weighted by atomic mass is 10.2. The average molecular weight is 281 g/mol. The van der Waals surface area contributed by atoms with Crippen LogP contribution in [0.25, 0.3) is 16.9 Å². The fourth-order valence-corrected chi connectivity index (χ4v) is 2.23. The molecule has 0 aliphatic heterocycles. The molecule has 0 fully saturated rings. The fourth-order valence-electron chi connectivity index (χ4n) is 2.23. The van der Waals surface area contributed by atoms with Gasteiger partial charge in [0, 0.05) is 24.5 Å². The van der Waals surface area contributed by atoms with Crippen LogP contribution in [-0.2, 0) is 6.54 Å². The van der Waals surface area contributed by atoms with Gasteiger partial charge in [-0.15, -0.1) is 0 Å². The van der Waals surface area contributed by atoms with Crippen molar-refractivity contribution in [3.63, 3.8) is 0 Å². The van der Waals surface area contributed by atoms with E-state index in [-0.39, 0.29) is 0 Å². The summed E-state index contributed by atoms with van der Waals surface area (Å²) in [5, 5.41) is 0. The summed E-state index contributed by atoms with van der Waals surface area (Å²) < 4.78 is 7.61. The van der Waals surface area contributed by atoms with Crippen LogP contribution in [0.5, 0.6) is 5.75 Å². The second-order valence-electron chi connectivity index (χ2n) is 5.00. The smallest absolute Gasteiger partial charge is 0.137 e. The molecule has 3 aromatic rings. The standard InChI is InChI=1S/C17H19N3O/c1-2-9-21-15-5-3-14(4-6-15)16-12-20-8-7-13(11-18)10-17(20)19-16/h3-8,10,12H,2,9,11,18H2,1H3. The molecule has 0 spiro atoms. The van der Waals surface area contributed by atoms with Crippen molar-refractivity contribution in [3.05, 3.63) is 54.4 Å². The number of hydrogen-bond donors (Lipinski definition) is 1. The first-order valence-corrected chi connectivity index (χ1v) is 7.21. The molecule has 0 radical (unpaired) electrons. The number of pyridine rings is 1. The zero-order chi connectivity index (χ0) is 14.7. The molecule has 0 bridgehead atoms. The van der Waals surface area contributed by atoms with Gasteiger partial charge in [-0.2, -0.15) is 0 Å². The molecule has 0 aliphatic carbocycles. The minimum absolute atomic E-state index is 0.530. The number of nitrogens with two attached hydrogens (primary N) is 1. The zero-order valence-corrected chi connectivity index (χ0v) is 12.1. The van der Waals surface area contributed by atoms with Crippen LogP contribution in [0.15, 0.2) is 48.8 Å². The van der Waals surface area contributed by atoms with Crippen LogP contribution in [0.3, 0.4) is 0 Å². The summed E-state index contributed by atoms with van der Waals surface area (Å²) in [4.78, 5) is 4.65. The van der Waals surface area contributed by atoms with E-state index in [0.29, 0.717) is 6.54 Å². The Morgan fingerprint density at radius 1 is 1.19 bits per heavy atom. The number of nitrogens with zero attached hydrogens (tertiary/aromatic N) is 2. The Morgan fingerprint density at radius 3 is 2.71 bits per heavy atom. The number of fused-ring (bicyclic) bond motifs is 1. The lowest BCUT2D eigenvalue weighted by molar-refractivity contribution is 0.317. The maximum atomic E-state index is 5.66. The van der Waals surface area contributed by atoms with Gasteiger partial charge in [-0.05, 0) is 48.4 Å².